The molecule has 1 rings (SSSR count). The first kappa shape index (κ1) is 15.0. The van der Waals surface area contributed by atoms with Gasteiger partial charge in [-0.2, -0.15) is 0 Å². The van der Waals surface area contributed by atoms with E-state index < -0.39 is 0 Å². The van der Waals surface area contributed by atoms with Crippen LogP contribution in [0.25, 0.3) is 0 Å². The van der Waals surface area contributed by atoms with E-state index in [1.165, 1.54) is 64.7 Å². The molecule has 2 atom stereocenters. The lowest BCUT2D eigenvalue weighted by molar-refractivity contribution is 0.151. The molecule has 2 nitrogen and oxygen atoms in total. The van der Waals surface area contributed by atoms with Crippen LogP contribution in [0.3, 0.4) is 0 Å². The molecule has 2 heteroatoms. The molecule has 1 N–H and O–H groups in total. The van der Waals surface area contributed by atoms with Crippen molar-refractivity contribution >= 4 is 0 Å². The number of hydrogen-bond acceptors (Lipinski definition) is 2. The van der Waals surface area contributed by atoms with E-state index in [0.717, 1.165) is 5.92 Å². The SMILES string of the molecule is CCCCCNC(C)C1CCCN(CCC)C1. The largest absolute Gasteiger partial charge is 0.314 e. The predicted octanol–water partition coefficient (Wildman–Crippen LogP) is 3.28. The monoisotopic (exact) mass is 240 g/mol. The molecule has 0 aromatic rings. The van der Waals surface area contributed by atoms with Crippen LogP contribution in [-0.4, -0.2) is 37.1 Å². The topological polar surface area (TPSA) is 15.3 Å². The average molecular weight is 240 g/mol. The Morgan fingerprint density at radius 2 is 2.06 bits per heavy atom. The van der Waals surface area contributed by atoms with Crippen LogP contribution in [0.2, 0.25) is 0 Å². The summed E-state index contributed by atoms with van der Waals surface area (Å²) in [5, 5.41) is 3.72. The van der Waals surface area contributed by atoms with E-state index in [-0.39, 0.29) is 0 Å². The van der Waals surface area contributed by atoms with Crippen molar-refractivity contribution in [2.24, 2.45) is 5.92 Å². The Labute approximate surface area is 108 Å². The first-order chi connectivity index (χ1) is 8.27. The van der Waals surface area contributed by atoms with Gasteiger partial charge in [0.2, 0.25) is 0 Å². The van der Waals surface area contributed by atoms with Crippen LogP contribution in [0.5, 0.6) is 0 Å². The quantitative estimate of drug-likeness (QED) is 0.655. The van der Waals surface area contributed by atoms with Gasteiger partial charge >= 0.3 is 0 Å². The van der Waals surface area contributed by atoms with Crippen molar-refractivity contribution < 1.29 is 0 Å². The lowest BCUT2D eigenvalue weighted by Crippen LogP contribution is -2.44. The summed E-state index contributed by atoms with van der Waals surface area (Å²) in [6, 6.07) is 0.700. The number of hydrogen-bond donors (Lipinski definition) is 1. The molecule has 1 fully saturated rings. The summed E-state index contributed by atoms with van der Waals surface area (Å²) in [6.07, 6.45) is 8.14. The molecule has 102 valence electrons. The van der Waals surface area contributed by atoms with E-state index in [9.17, 15) is 0 Å². The highest BCUT2D eigenvalue weighted by Gasteiger charge is 2.23. The predicted molar refractivity (Wildman–Crippen MR) is 76.4 cm³/mol. The van der Waals surface area contributed by atoms with Crippen LogP contribution < -0.4 is 5.32 Å². The van der Waals surface area contributed by atoms with Gasteiger partial charge in [-0.1, -0.05) is 26.7 Å². The number of nitrogens with zero attached hydrogens (tertiary/aromatic N) is 1. The third kappa shape index (κ3) is 5.87. The molecule has 0 spiro atoms. The highest BCUT2D eigenvalue weighted by atomic mass is 15.1. The van der Waals surface area contributed by atoms with Gasteiger partial charge in [0.1, 0.15) is 0 Å². The molecule has 0 bridgehead atoms. The van der Waals surface area contributed by atoms with Crippen molar-refractivity contribution in [2.75, 3.05) is 26.2 Å². The Hall–Kier alpha value is -0.0800. The van der Waals surface area contributed by atoms with Gasteiger partial charge in [-0.05, 0) is 58.2 Å². The summed E-state index contributed by atoms with van der Waals surface area (Å²) < 4.78 is 0. The molecular formula is C15H32N2. The fraction of sp³-hybridized carbons (Fsp3) is 1.00. The zero-order chi connectivity index (χ0) is 12.5. The van der Waals surface area contributed by atoms with Crippen LogP contribution in [0.15, 0.2) is 0 Å². The fourth-order valence-electron chi connectivity index (χ4n) is 2.89. The lowest BCUT2D eigenvalue weighted by Gasteiger charge is -2.36. The maximum atomic E-state index is 3.72. The minimum atomic E-state index is 0.700. The van der Waals surface area contributed by atoms with E-state index in [1.807, 2.05) is 0 Å². The zero-order valence-corrected chi connectivity index (χ0v) is 12.2. The lowest BCUT2D eigenvalue weighted by atomic mass is 9.91. The van der Waals surface area contributed by atoms with Gasteiger partial charge in [0.15, 0.2) is 0 Å². The second-order valence-corrected chi connectivity index (χ2v) is 5.65. The van der Waals surface area contributed by atoms with Gasteiger partial charge in [-0.25, -0.2) is 0 Å². The van der Waals surface area contributed by atoms with Crippen molar-refractivity contribution in [1.82, 2.24) is 10.2 Å². The molecule has 1 aliphatic heterocycles. The molecule has 0 saturated carbocycles. The summed E-state index contributed by atoms with van der Waals surface area (Å²) >= 11 is 0. The molecule has 1 saturated heterocycles. The fourth-order valence-corrected chi connectivity index (χ4v) is 2.89. The average Bonchev–Trinajstić information content (AvgIpc) is 2.35. The van der Waals surface area contributed by atoms with Gasteiger partial charge in [0.25, 0.3) is 0 Å². The minimum Gasteiger partial charge on any atom is -0.314 e. The van der Waals surface area contributed by atoms with E-state index >= 15 is 0 Å². The first-order valence-corrected chi connectivity index (χ1v) is 7.73. The molecule has 0 amide bonds. The highest BCUT2D eigenvalue weighted by Crippen LogP contribution is 2.19. The summed E-state index contributed by atoms with van der Waals surface area (Å²) in [5.74, 6) is 0.872. The van der Waals surface area contributed by atoms with Gasteiger partial charge in [-0.15, -0.1) is 0 Å². The first-order valence-electron chi connectivity index (χ1n) is 7.73. The zero-order valence-electron chi connectivity index (χ0n) is 12.2. The molecule has 17 heavy (non-hydrogen) atoms. The van der Waals surface area contributed by atoms with Gasteiger partial charge in [0, 0.05) is 12.6 Å². The Balaban J connectivity index is 2.18. The van der Waals surface area contributed by atoms with Crippen molar-refractivity contribution in [1.29, 1.82) is 0 Å². The number of unbranched alkanes of at least 4 members (excludes halogenated alkanes) is 2. The van der Waals surface area contributed by atoms with Gasteiger partial charge < -0.3 is 10.2 Å². The molecule has 0 aliphatic carbocycles. The molecule has 0 aromatic heterocycles. The second kappa shape index (κ2) is 8.93. The van der Waals surface area contributed by atoms with Crippen LogP contribution in [-0.2, 0) is 0 Å². The molecule has 2 unspecified atom stereocenters. The van der Waals surface area contributed by atoms with Crippen LogP contribution >= 0.6 is 0 Å². The number of piperidine rings is 1. The van der Waals surface area contributed by atoms with E-state index in [4.69, 9.17) is 0 Å². The maximum Gasteiger partial charge on any atom is 0.00792 e. The highest BCUT2D eigenvalue weighted by molar-refractivity contribution is 4.80. The number of likely N-dealkylation sites (tertiary alicyclic amines) is 1. The third-order valence-electron chi connectivity index (χ3n) is 4.04. The van der Waals surface area contributed by atoms with E-state index in [2.05, 4.69) is 31.0 Å². The summed E-state index contributed by atoms with van der Waals surface area (Å²) in [5.41, 5.74) is 0. The third-order valence-corrected chi connectivity index (χ3v) is 4.04. The Kier molecular flexibility index (Phi) is 7.87. The number of rotatable bonds is 8. The van der Waals surface area contributed by atoms with Crippen molar-refractivity contribution in [3.8, 4) is 0 Å². The van der Waals surface area contributed by atoms with Crippen LogP contribution in [0.4, 0.5) is 0 Å². The Morgan fingerprint density at radius 3 is 2.76 bits per heavy atom. The van der Waals surface area contributed by atoms with E-state index in [0.29, 0.717) is 6.04 Å². The van der Waals surface area contributed by atoms with Crippen molar-refractivity contribution in [2.45, 2.75) is 65.3 Å². The summed E-state index contributed by atoms with van der Waals surface area (Å²) in [4.78, 5) is 2.65. The number of nitrogens with one attached hydrogen (secondary N) is 1. The standard InChI is InChI=1S/C15H32N2/c1-4-6-7-10-16-14(3)15-9-8-12-17(13-15)11-5-2/h14-16H,4-13H2,1-3H3. The Morgan fingerprint density at radius 1 is 1.24 bits per heavy atom. The summed E-state index contributed by atoms with van der Waals surface area (Å²) in [7, 11) is 0. The van der Waals surface area contributed by atoms with Gasteiger partial charge in [0.05, 0.1) is 0 Å². The molecule has 0 radical (unpaired) electrons. The van der Waals surface area contributed by atoms with E-state index in [1.54, 1.807) is 0 Å². The van der Waals surface area contributed by atoms with Gasteiger partial charge in [-0.3, -0.25) is 0 Å². The van der Waals surface area contributed by atoms with Crippen LogP contribution in [0, 0.1) is 5.92 Å². The van der Waals surface area contributed by atoms with Crippen molar-refractivity contribution in [3.63, 3.8) is 0 Å². The van der Waals surface area contributed by atoms with Crippen molar-refractivity contribution in [3.05, 3.63) is 0 Å². The second-order valence-electron chi connectivity index (χ2n) is 5.65. The molecule has 1 heterocycles. The summed E-state index contributed by atoms with van der Waals surface area (Å²) in [6.45, 7) is 12.1. The maximum absolute atomic E-state index is 3.72. The molecule has 0 aromatic carbocycles. The smallest absolute Gasteiger partial charge is 0.00792 e. The minimum absolute atomic E-state index is 0.700. The normalized spacial score (nSPS) is 23.8. The Bertz CT molecular complexity index is 180. The van der Waals surface area contributed by atoms with Crippen LogP contribution in [0.1, 0.15) is 59.3 Å². The molecule has 1 aliphatic rings. The molecular weight excluding hydrogens is 208 g/mol.